The van der Waals surface area contributed by atoms with Gasteiger partial charge in [-0.15, -0.1) is 0 Å². The Morgan fingerprint density at radius 1 is 1.21 bits per heavy atom. The number of nitro benzene ring substituents is 1. The van der Waals surface area contributed by atoms with E-state index in [9.17, 15) is 20.5 Å². The fourth-order valence-corrected chi connectivity index (χ4v) is 2.13. The van der Waals surface area contributed by atoms with Gasteiger partial charge in [-0.25, -0.2) is 0 Å². The maximum atomic E-state index is 10.9. The summed E-state index contributed by atoms with van der Waals surface area (Å²) in [5.41, 5.74) is 0.862. The van der Waals surface area contributed by atoms with Crippen molar-refractivity contribution in [1.29, 1.82) is 5.26 Å². The number of ether oxygens (including phenoxy) is 2. The smallest absolute Gasteiger partial charge is 0.311 e. The molecule has 0 aliphatic heterocycles. The summed E-state index contributed by atoms with van der Waals surface area (Å²) in [6, 6.07) is 10.9. The molecule has 7 nitrogen and oxygen atoms in total. The highest BCUT2D eigenvalue weighted by atomic mass is 16.6. The lowest BCUT2D eigenvalue weighted by atomic mass is 10.0. The number of allylic oxidation sites excluding steroid dienone is 1. The van der Waals surface area contributed by atoms with Crippen molar-refractivity contribution in [3.8, 4) is 23.3 Å². The molecule has 122 valence electrons. The summed E-state index contributed by atoms with van der Waals surface area (Å²) in [6.07, 6.45) is 1.49. The summed E-state index contributed by atoms with van der Waals surface area (Å²) < 4.78 is 10.4. The van der Waals surface area contributed by atoms with Gasteiger partial charge in [0.15, 0.2) is 17.2 Å². The van der Waals surface area contributed by atoms with Gasteiger partial charge in [0.1, 0.15) is 0 Å². The van der Waals surface area contributed by atoms with E-state index in [1.54, 1.807) is 18.2 Å². The van der Waals surface area contributed by atoms with E-state index in [2.05, 4.69) is 6.07 Å². The molecule has 0 saturated heterocycles. The summed E-state index contributed by atoms with van der Waals surface area (Å²) in [4.78, 5) is 10.2. The lowest BCUT2D eigenvalue weighted by Crippen LogP contribution is -1.92. The van der Waals surface area contributed by atoms with E-state index in [1.165, 1.54) is 38.5 Å². The van der Waals surface area contributed by atoms with Crippen LogP contribution in [0.5, 0.6) is 17.2 Å². The van der Waals surface area contributed by atoms with Crippen molar-refractivity contribution < 1.29 is 19.5 Å². The monoisotopic (exact) mass is 326 g/mol. The molecule has 7 heteroatoms. The third-order valence-corrected chi connectivity index (χ3v) is 3.32. The number of phenolic OH excluding ortho intramolecular Hbond substituents is 1. The van der Waals surface area contributed by atoms with Crippen LogP contribution in [0, 0.1) is 21.4 Å². The van der Waals surface area contributed by atoms with Gasteiger partial charge in [0.05, 0.1) is 30.8 Å². The molecule has 0 saturated carbocycles. The van der Waals surface area contributed by atoms with Gasteiger partial charge in [-0.3, -0.25) is 10.1 Å². The molecule has 0 aromatic heterocycles. The van der Waals surface area contributed by atoms with E-state index in [0.717, 1.165) is 0 Å². The molecule has 0 spiro atoms. The van der Waals surface area contributed by atoms with Crippen molar-refractivity contribution in [1.82, 2.24) is 0 Å². The number of benzene rings is 2. The Balaban J connectivity index is 2.49. The summed E-state index contributed by atoms with van der Waals surface area (Å²) >= 11 is 0. The number of nitrogens with zero attached hydrogens (tertiary/aromatic N) is 2. The van der Waals surface area contributed by atoms with Gasteiger partial charge in [0.25, 0.3) is 0 Å². The van der Waals surface area contributed by atoms with Crippen LogP contribution in [0.1, 0.15) is 11.1 Å². The van der Waals surface area contributed by atoms with Crippen LogP contribution in [0.3, 0.4) is 0 Å². The Labute approximate surface area is 138 Å². The normalized spacial score (nSPS) is 10.8. The predicted molar refractivity (Wildman–Crippen MR) is 87.8 cm³/mol. The van der Waals surface area contributed by atoms with Gasteiger partial charge in [0, 0.05) is 6.07 Å². The lowest BCUT2D eigenvalue weighted by molar-refractivity contribution is -0.385. The Bertz CT molecular complexity index is 853. The van der Waals surface area contributed by atoms with Crippen LogP contribution in [0.15, 0.2) is 36.4 Å². The first-order valence-electron chi connectivity index (χ1n) is 6.81. The average Bonchev–Trinajstić information content (AvgIpc) is 2.60. The van der Waals surface area contributed by atoms with Crippen molar-refractivity contribution in [3.63, 3.8) is 0 Å². The van der Waals surface area contributed by atoms with Crippen molar-refractivity contribution in [2.45, 2.75) is 0 Å². The minimum atomic E-state index is -0.685. The number of methoxy groups -OCH3 is 2. The number of nitriles is 1. The molecule has 2 aromatic rings. The Morgan fingerprint density at radius 2 is 1.92 bits per heavy atom. The highest BCUT2D eigenvalue weighted by Crippen LogP contribution is 2.32. The van der Waals surface area contributed by atoms with E-state index >= 15 is 0 Å². The van der Waals surface area contributed by atoms with Gasteiger partial charge in [0.2, 0.25) is 0 Å². The zero-order valence-electron chi connectivity index (χ0n) is 13.0. The van der Waals surface area contributed by atoms with Crippen molar-refractivity contribution in [2.24, 2.45) is 0 Å². The molecule has 0 atom stereocenters. The zero-order chi connectivity index (χ0) is 17.7. The van der Waals surface area contributed by atoms with Gasteiger partial charge in [-0.05, 0) is 41.5 Å². The summed E-state index contributed by atoms with van der Waals surface area (Å²) in [6.45, 7) is 0. The standard InChI is InChI=1S/C17H14N2O5/c1-23-16-6-4-12(9-17(16)24-2)13(10-18)7-11-3-5-15(20)14(8-11)19(21)22/h3-9,20H,1-2H3/b13-7+. The van der Waals surface area contributed by atoms with Crippen molar-refractivity contribution in [3.05, 3.63) is 57.6 Å². The maximum absolute atomic E-state index is 10.9. The van der Waals surface area contributed by atoms with Gasteiger partial charge in [-0.2, -0.15) is 5.26 Å². The Morgan fingerprint density at radius 3 is 2.50 bits per heavy atom. The molecular formula is C17H14N2O5. The zero-order valence-corrected chi connectivity index (χ0v) is 13.0. The quantitative estimate of drug-likeness (QED) is 0.391. The summed E-state index contributed by atoms with van der Waals surface area (Å²) in [5, 5.41) is 29.8. The molecule has 2 aromatic carbocycles. The molecule has 24 heavy (non-hydrogen) atoms. The molecule has 1 N–H and O–H groups in total. The van der Waals surface area contributed by atoms with Crippen LogP contribution in [-0.2, 0) is 0 Å². The number of rotatable bonds is 5. The lowest BCUT2D eigenvalue weighted by Gasteiger charge is -2.09. The first-order chi connectivity index (χ1) is 11.5. The highest BCUT2D eigenvalue weighted by molar-refractivity contribution is 5.90. The van der Waals surface area contributed by atoms with E-state index < -0.39 is 16.4 Å². The Hall–Kier alpha value is -3.53. The van der Waals surface area contributed by atoms with E-state index in [1.807, 2.05) is 0 Å². The molecule has 2 rings (SSSR count). The van der Waals surface area contributed by atoms with Crippen molar-refractivity contribution >= 4 is 17.3 Å². The van der Waals surface area contributed by atoms with E-state index in [-0.39, 0.29) is 5.57 Å². The molecular weight excluding hydrogens is 312 g/mol. The van der Waals surface area contributed by atoms with Crippen LogP contribution in [0.4, 0.5) is 5.69 Å². The summed E-state index contributed by atoms with van der Waals surface area (Å²) in [7, 11) is 2.99. The molecule has 0 bridgehead atoms. The molecule has 0 fully saturated rings. The molecule has 0 heterocycles. The number of hydrogen-bond donors (Lipinski definition) is 1. The largest absolute Gasteiger partial charge is 0.502 e. The molecule has 0 unspecified atom stereocenters. The fraction of sp³-hybridized carbons (Fsp3) is 0.118. The number of phenols is 1. The van der Waals surface area contributed by atoms with Gasteiger partial charge in [-0.1, -0.05) is 6.07 Å². The average molecular weight is 326 g/mol. The topological polar surface area (TPSA) is 106 Å². The second-order valence-corrected chi connectivity index (χ2v) is 4.74. The second kappa shape index (κ2) is 7.15. The molecule has 0 amide bonds. The molecule has 0 aliphatic rings. The SMILES string of the molecule is COc1ccc(/C(C#N)=C/c2ccc(O)c([N+](=O)[O-])c2)cc1OC. The first-order valence-corrected chi connectivity index (χ1v) is 6.81. The van der Waals surface area contributed by atoms with Crippen LogP contribution in [0.25, 0.3) is 11.6 Å². The third kappa shape index (κ3) is 3.44. The summed E-state index contributed by atoms with van der Waals surface area (Å²) in [5.74, 6) is 0.563. The van der Waals surface area contributed by atoms with Crippen LogP contribution >= 0.6 is 0 Å². The number of aromatic hydroxyl groups is 1. The van der Waals surface area contributed by atoms with E-state index in [0.29, 0.717) is 22.6 Å². The molecule has 0 radical (unpaired) electrons. The first kappa shape index (κ1) is 16.8. The van der Waals surface area contributed by atoms with Crippen LogP contribution in [0.2, 0.25) is 0 Å². The number of nitro groups is 1. The highest BCUT2D eigenvalue weighted by Gasteiger charge is 2.14. The molecule has 0 aliphatic carbocycles. The van der Waals surface area contributed by atoms with Gasteiger partial charge < -0.3 is 14.6 Å². The maximum Gasteiger partial charge on any atom is 0.311 e. The third-order valence-electron chi connectivity index (χ3n) is 3.32. The minimum absolute atomic E-state index is 0.288. The predicted octanol–water partition coefficient (Wildman–Crippen LogP) is 3.38. The van der Waals surface area contributed by atoms with E-state index in [4.69, 9.17) is 9.47 Å². The second-order valence-electron chi connectivity index (χ2n) is 4.74. The minimum Gasteiger partial charge on any atom is -0.502 e. The number of hydrogen-bond acceptors (Lipinski definition) is 6. The fourth-order valence-electron chi connectivity index (χ4n) is 2.13. The van der Waals surface area contributed by atoms with Crippen molar-refractivity contribution in [2.75, 3.05) is 14.2 Å². The Kier molecular flexibility index (Phi) is 5.02. The van der Waals surface area contributed by atoms with Crippen LogP contribution in [-0.4, -0.2) is 24.2 Å². The van der Waals surface area contributed by atoms with Gasteiger partial charge >= 0.3 is 5.69 Å². The van der Waals surface area contributed by atoms with Crippen LogP contribution < -0.4 is 9.47 Å².